The minimum absolute atomic E-state index is 0.0354. The largest absolute Gasteiger partial charge is 0.452 e. The van der Waals surface area contributed by atoms with Crippen molar-refractivity contribution < 1.29 is 33.5 Å². The summed E-state index contributed by atoms with van der Waals surface area (Å²) in [6, 6.07) is -3.50. The van der Waals surface area contributed by atoms with Gasteiger partial charge in [0.05, 0.1) is 6.42 Å². The minimum atomic E-state index is -1.07. The minimum Gasteiger partial charge on any atom is -0.452 e. The Bertz CT molecular complexity index is 1030. The second-order valence-corrected chi connectivity index (χ2v) is 12.6. The lowest BCUT2D eigenvalue weighted by atomic mass is 9.92. The van der Waals surface area contributed by atoms with Gasteiger partial charge in [-0.15, -0.1) is 0 Å². The number of amides is 5. The maximum Gasteiger partial charge on any atom is 0.308 e. The van der Waals surface area contributed by atoms with Crippen molar-refractivity contribution in [3.05, 3.63) is 0 Å². The molecule has 2 heterocycles. The first kappa shape index (κ1) is 36.0. The standard InChI is InChI=1S/C31H53N5O7/c1-10-19(5)25-30(41)35(9)26(20(6)11-2)31(42)34(8)21(7)27(38)32-15-14-24(37)43-23(17-18(3)4)29(40)36-16-12-13-22(36)28(39)33-25/h18-23,25-26H,10-17H2,1-9H3,(H,32,38)(H,33,39)/t19-,20-,21-,22-,23-,25-,26-/m0/s1. The van der Waals surface area contributed by atoms with E-state index in [-0.39, 0.29) is 37.1 Å². The Morgan fingerprint density at radius 1 is 0.860 bits per heavy atom. The van der Waals surface area contributed by atoms with E-state index in [1.807, 2.05) is 41.5 Å². The van der Waals surface area contributed by atoms with Crippen molar-refractivity contribution in [3.8, 4) is 0 Å². The number of carbonyl (C=O) groups is 6. The van der Waals surface area contributed by atoms with E-state index in [1.165, 1.54) is 21.7 Å². The summed E-state index contributed by atoms with van der Waals surface area (Å²) in [5, 5.41) is 5.60. The van der Waals surface area contributed by atoms with E-state index < -0.39 is 65.8 Å². The van der Waals surface area contributed by atoms with E-state index in [0.29, 0.717) is 32.2 Å². The number of esters is 1. The van der Waals surface area contributed by atoms with Gasteiger partial charge in [-0.2, -0.15) is 0 Å². The van der Waals surface area contributed by atoms with Gasteiger partial charge in [0.1, 0.15) is 24.2 Å². The molecule has 12 nitrogen and oxygen atoms in total. The normalized spacial score (nSPS) is 28.9. The molecule has 7 atom stereocenters. The van der Waals surface area contributed by atoms with E-state index in [0.717, 1.165) is 0 Å². The van der Waals surface area contributed by atoms with Gasteiger partial charge in [-0.05, 0) is 43.9 Å². The third-order valence-corrected chi connectivity index (χ3v) is 8.99. The number of carbonyl (C=O) groups excluding carboxylic acids is 6. The highest BCUT2D eigenvalue weighted by molar-refractivity contribution is 5.96. The van der Waals surface area contributed by atoms with E-state index in [1.54, 1.807) is 14.0 Å². The van der Waals surface area contributed by atoms with Gasteiger partial charge in [0.25, 0.3) is 5.91 Å². The smallest absolute Gasteiger partial charge is 0.308 e. The van der Waals surface area contributed by atoms with Crippen LogP contribution in [0.4, 0.5) is 0 Å². The molecule has 0 bridgehead atoms. The third kappa shape index (κ3) is 8.92. The van der Waals surface area contributed by atoms with Crippen molar-refractivity contribution in [1.82, 2.24) is 25.3 Å². The second-order valence-electron chi connectivity index (χ2n) is 12.6. The Balaban J connectivity index is 2.56. The first-order chi connectivity index (χ1) is 20.2. The molecule has 0 spiro atoms. The molecule has 12 heteroatoms. The Hall–Kier alpha value is -3.18. The van der Waals surface area contributed by atoms with Crippen LogP contribution in [0.1, 0.15) is 87.0 Å². The quantitative estimate of drug-likeness (QED) is 0.437. The summed E-state index contributed by atoms with van der Waals surface area (Å²) in [6.07, 6.45) is 1.24. The predicted molar refractivity (Wildman–Crippen MR) is 161 cm³/mol. The number of ether oxygens (including phenoxy) is 1. The van der Waals surface area contributed by atoms with E-state index in [9.17, 15) is 28.8 Å². The van der Waals surface area contributed by atoms with Crippen molar-refractivity contribution in [1.29, 1.82) is 0 Å². The van der Waals surface area contributed by atoms with Crippen LogP contribution >= 0.6 is 0 Å². The van der Waals surface area contributed by atoms with Crippen LogP contribution in [0.2, 0.25) is 0 Å². The summed E-state index contributed by atoms with van der Waals surface area (Å²) in [5.74, 6) is -3.27. The average Bonchev–Trinajstić information content (AvgIpc) is 3.46. The maximum absolute atomic E-state index is 14.0. The van der Waals surface area contributed by atoms with Crippen LogP contribution in [0.5, 0.6) is 0 Å². The van der Waals surface area contributed by atoms with Crippen molar-refractivity contribution in [2.45, 2.75) is 117 Å². The fraction of sp³-hybridized carbons (Fsp3) is 0.806. The van der Waals surface area contributed by atoms with Crippen molar-refractivity contribution >= 4 is 35.5 Å². The SMILES string of the molecule is CC[C@H](C)[C@@H]1NC(=O)[C@@H]2CCCN2C(=O)[C@H](CC(C)C)OC(=O)CCNC(=O)[C@H](C)N(C)C(=O)[C@H]([C@@H](C)CC)N(C)C1=O. The zero-order chi connectivity index (χ0) is 32.6. The van der Waals surface area contributed by atoms with Crippen molar-refractivity contribution in [2.24, 2.45) is 17.8 Å². The first-order valence-corrected chi connectivity index (χ1v) is 15.8. The number of hydrogen-bond donors (Lipinski definition) is 2. The Morgan fingerprint density at radius 2 is 1.49 bits per heavy atom. The topological polar surface area (TPSA) is 145 Å². The zero-order valence-corrected chi connectivity index (χ0v) is 27.5. The van der Waals surface area contributed by atoms with Crippen molar-refractivity contribution in [3.63, 3.8) is 0 Å². The molecule has 0 unspecified atom stereocenters. The molecular weight excluding hydrogens is 554 g/mol. The summed E-state index contributed by atoms with van der Waals surface area (Å²) in [5.41, 5.74) is 0. The Morgan fingerprint density at radius 3 is 2.07 bits per heavy atom. The van der Waals surface area contributed by atoms with Crippen LogP contribution < -0.4 is 10.6 Å². The fourth-order valence-corrected chi connectivity index (χ4v) is 5.65. The van der Waals surface area contributed by atoms with Crippen LogP contribution in [0, 0.1) is 17.8 Å². The van der Waals surface area contributed by atoms with Crippen LogP contribution in [0.25, 0.3) is 0 Å². The molecule has 244 valence electrons. The lowest BCUT2D eigenvalue weighted by Crippen LogP contribution is -2.61. The predicted octanol–water partition coefficient (Wildman–Crippen LogP) is 1.71. The van der Waals surface area contributed by atoms with E-state index in [2.05, 4.69) is 10.6 Å². The number of fused-ring (bicyclic) bond motifs is 1. The molecule has 2 fully saturated rings. The van der Waals surface area contributed by atoms with Gasteiger partial charge in [0.2, 0.25) is 23.6 Å². The van der Waals surface area contributed by atoms with Gasteiger partial charge in [-0.3, -0.25) is 28.8 Å². The molecule has 0 radical (unpaired) electrons. The number of nitrogens with one attached hydrogen (secondary N) is 2. The summed E-state index contributed by atoms with van der Waals surface area (Å²) >= 11 is 0. The van der Waals surface area contributed by atoms with Gasteiger partial charge in [0.15, 0.2) is 6.10 Å². The van der Waals surface area contributed by atoms with Gasteiger partial charge >= 0.3 is 5.97 Å². The number of likely N-dealkylation sites (N-methyl/N-ethyl adjacent to an activating group) is 2. The highest BCUT2D eigenvalue weighted by Crippen LogP contribution is 2.24. The summed E-state index contributed by atoms with van der Waals surface area (Å²) < 4.78 is 5.60. The summed E-state index contributed by atoms with van der Waals surface area (Å²) in [7, 11) is 3.08. The molecule has 2 rings (SSSR count). The molecular formula is C31H53N5O7. The molecule has 0 aromatic carbocycles. The molecule has 2 N–H and O–H groups in total. The number of cyclic esters (lactones) is 1. The fourth-order valence-electron chi connectivity index (χ4n) is 5.65. The molecule has 5 amide bonds. The van der Waals surface area contributed by atoms with Crippen LogP contribution in [0.3, 0.4) is 0 Å². The highest BCUT2D eigenvalue weighted by Gasteiger charge is 2.43. The molecule has 2 aliphatic rings. The molecule has 0 aliphatic carbocycles. The molecule has 43 heavy (non-hydrogen) atoms. The molecule has 0 aromatic rings. The number of hydrogen-bond acceptors (Lipinski definition) is 7. The summed E-state index contributed by atoms with van der Waals surface area (Å²) in [6.45, 7) is 13.3. The molecule has 2 saturated heterocycles. The summed E-state index contributed by atoms with van der Waals surface area (Å²) in [4.78, 5) is 85.1. The molecule has 0 aromatic heterocycles. The number of rotatable bonds is 6. The van der Waals surface area contributed by atoms with E-state index in [4.69, 9.17) is 4.74 Å². The lowest BCUT2D eigenvalue weighted by Gasteiger charge is -2.38. The van der Waals surface area contributed by atoms with Gasteiger partial charge in [-0.1, -0.05) is 54.4 Å². The number of nitrogens with zero attached hydrogens (tertiary/aromatic N) is 3. The molecule has 0 saturated carbocycles. The zero-order valence-electron chi connectivity index (χ0n) is 27.5. The average molecular weight is 608 g/mol. The third-order valence-electron chi connectivity index (χ3n) is 8.99. The Labute approximate surface area is 256 Å². The second kappa shape index (κ2) is 16.0. The van der Waals surface area contributed by atoms with Crippen molar-refractivity contribution in [2.75, 3.05) is 27.2 Å². The lowest BCUT2D eigenvalue weighted by molar-refractivity contribution is -0.162. The van der Waals surface area contributed by atoms with E-state index >= 15 is 0 Å². The van der Waals surface area contributed by atoms with Crippen LogP contribution in [0.15, 0.2) is 0 Å². The maximum atomic E-state index is 14.0. The van der Waals surface area contributed by atoms with Gasteiger partial charge in [0, 0.05) is 27.2 Å². The van der Waals surface area contributed by atoms with Gasteiger partial charge in [-0.25, -0.2) is 0 Å². The van der Waals surface area contributed by atoms with Crippen LogP contribution in [-0.4, -0.2) is 108 Å². The Kier molecular flexibility index (Phi) is 13.4. The molecule has 2 aliphatic heterocycles. The van der Waals surface area contributed by atoms with Gasteiger partial charge < -0.3 is 30.1 Å². The monoisotopic (exact) mass is 607 g/mol. The highest BCUT2D eigenvalue weighted by atomic mass is 16.5. The van der Waals surface area contributed by atoms with Crippen LogP contribution in [-0.2, 0) is 33.5 Å². The first-order valence-electron chi connectivity index (χ1n) is 15.8.